The SMILES string of the molecule is COc1cc(C2(CO)C=CCC2(C)C)c(OC)cc1C. The summed E-state index contributed by atoms with van der Waals surface area (Å²) in [6.07, 6.45) is 5.19. The zero-order chi connectivity index (χ0) is 15.0. The average molecular weight is 276 g/mol. The lowest BCUT2D eigenvalue weighted by Gasteiger charge is -2.41. The van der Waals surface area contributed by atoms with E-state index in [4.69, 9.17) is 9.47 Å². The lowest BCUT2D eigenvalue weighted by atomic mass is 9.64. The summed E-state index contributed by atoms with van der Waals surface area (Å²) in [5.41, 5.74) is 1.53. The molecule has 1 aliphatic carbocycles. The first-order valence-electron chi connectivity index (χ1n) is 6.93. The highest BCUT2D eigenvalue weighted by Crippen LogP contribution is 2.53. The van der Waals surface area contributed by atoms with Gasteiger partial charge in [0.05, 0.1) is 20.8 Å². The molecule has 1 aliphatic rings. The molecule has 20 heavy (non-hydrogen) atoms. The summed E-state index contributed by atoms with van der Waals surface area (Å²) in [5.74, 6) is 1.63. The van der Waals surface area contributed by atoms with Crippen LogP contribution in [0.5, 0.6) is 11.5 Å². The van der Waals surface area contributed by atoms with Gasteiger partial charge < -0.3 is 14.6 Å². The maximum Gasteiger partial charge on any atom is 0.123 e. The Morgan fingerprint density at radius 2 is 1.80 bits per heavy atom. The van der Waals surface area contributed by atoms with E-state index in [0.717, 1.165) is 29.0 Å². The van der Waals surface area contributed by atoms with E-state index in [1.165, 1.54) is 0 Å². The molecule has 0 bridgehead atoms. The predicted molar refractivity (Wildman–Crippen MR) is 80.6 cm³/mol. The van der Waals surface area contributed by atoms with Crippen LogP contribution in [0.25, 0.3) is 0 Å². The fourth-order valence-electron chi connectivity index (χ4n) is 3.17. The minimum Gasteiger partial charge on any atom is -0.496 e. The number of ether oxygens (including phenoxy) is 2. The van der Waals surface area contributed by atoms with Crippen LogP contribution in [0.1, 0.15) is 31.4 Å². The number of allylic oxidation sites excluding steroid dienone is 1. The topological polar surface area (TPSA) is 38.7 Å². The molecule has 0 aliphatic heterocycles. The van der Waals surface area contributed by atoms with E-state index in [9.17, 15) is 5.11 Å². The largest absolute Gasteiger partial charge is 0.496 e. The van der Waals surface area contributed by atoms with Crippen molar-refractivity contribution in [3.05, 3.63) is 35.4 Å². The first-order valence-corrected chi connectivity index (χ1v) is 6.93. The van der Waals surface area contributed by atoms with Gasteiger partial charge in [0.2, 0.25) is 0 Å². The maximum atomic E-state index is 10.1. The molecule has 1 N–H and O–H groups in total. The molecule has 1 atom stereocenters. The van der Waals surface area contributed by atoms with Gasteiger partial charge in [0.25, 0.3) is 0 Å². The van der Waals surface area contributed by atoms with Crippen LogP contribution in [0, 0.1) is 12.3 Å². The summed E-state index contributed by atoms with van der Waals surface area (Å²) in [5, 5.41) is 10.1. The fraction of sp³-hybridized carbons (Fsp3) is 0.529. The molecule has 2 rings (SSSR count). The second kappa shape index (κ2) is 5.13. The van der Waals surface area contributed by atoms with Gasteiger partial charge in [0.1, 0.15) is 11.5 Å². The van der Waals surface area contributed by atoms with Crippen molar-refractivity contribution in [2.75, 3.05) is 20.8 Å². The normalized spacial score (nSPS) is 23.9. The first-order chi connectivity index (χ1) is 9.41. The molecule has 0 saturated carbocycles. The smallest absolute Gasteiger partial charge is 0.123 e. The van der Waals surface area contributed by atoms with Crippen LogP contribution >= 0.6 is 0 Å². The van der Waals surface area contributed by atoms with E-state index in [-0.39, 0.29) is 12.0 Å². The Morgan fingerprint density at radius 1 is 1.15 bits per heavy atom. The van der Waals surface area contributed by atoms with Gasteiger partial charge in [0, 0.05) is 11.0 Å². The van der Waals surface area contributed by atoms with Crippen molar-refractivity contribution >= 4 is 0 Å². The maximum absolute atomic E-state index is 10.1. The molecule has 3 nitrogen and oxygen atoms in total. The molecule has 0 heterocycles. The molecule has 110 valence electrons. The summed E-state index contributed by atoms with van der Waals surface area (Å²) < 4.78 is 11.0. The van der Waals surface area contributed by atoms with E-state index in [0.29, 0.717) is 0 Å². The zero-order valence-corrected chi connectivity index (χ0v) is 13.0. The Hall–Kier alpha value is -1.48. The summed E-state index contributed by atoms with van der Waals surface area (Å²) in [6.45, 7) is 6.40. The van der Waals surface area contributed by atoms with Gasteiger partial charge in [-0.25, -0.2) is 0 Å². The van der Waals surface area contributed by atoms with E-state index in [2.05, 4.69) is 26.0 Å². The van der Waals surface area contributed by atoms with Crippen molar-refractivity contribution in [2.24, 2.45) is 5.41 Å². The average Bonchev–Trinajstić information content (AvgIpc) is 2.73. The molecule has 1 unspecified atom stereocenters. The number of hydrogen-bond donors (Lipinski definition) is 1. The van der Waals surface area contributed by atoms with Crippen LogP contribution in [-0.4, -0.2) is 25.9 Å². The monoisotopic (exact) mass is 276 g/mol. The van der Waals surface area contributed by atoms with Gasteiger partial charge in [-0.15, -0.1) is 0 Å². The first kappa shape index (κ1) is 14.9. The summed E-state index contributed by atoms with van der Waals surface area (Å²) in [4.78, 5) is 0. The van der Waals surface area contributed by atoms with Crippen LogP contribution in [0.4, 0.5) is 0 Å². The molecule has 0 radical (unpaired) electrons. The molecular weight excluding hydrogens is 252 g/mol. The summed E-state index contributed by atoms with van der Waals surface area (Å²) >= 11 is 0. The highest BCUT2D eigenvalue weighted by molar-refractivity contribution is 5.53. The lowest BCUT2D eigenvalue weighted by molar-refractivity contribution is 0.125. The highest BCUT2D eigenvalue weighted by atomic mass is 16.5. The standard InChI is InChI=1S/C17H24O3/c1-12-9-15(20-5)13(10-14(12)19-4)17(11-18)8-6-7-16(17,2)3/h6,8-10,18H,7,11H2,1-5H3. The Balaban J connectivity index is 2.69. The number of rotatable bonds is 4. The van der Waals surface area contributed by atoms with Crippen molar-refractivity contribution in [3.63, 3.8) is 0 Å². The van der Waals surface area contributed by atoms with Crippen molar-refractivity contribution < 1.29 is 14.6 Å². The van der Waals surface area contributed by atoms with Crippen molar-refractivity contribution in [1.29, 1.82) is 0 Å². The Bertz CT molecular complexity index is 531. The van der Waals surface area contributed by atoms with Crippen molar-refractivity contribution in [2.45, 2.75) is 32.6 Å². The van der Waals surface area contributed by atoms with Crippen molar-refractivity contribution in [1.82, 2.24) is 0 Å². The molecule has 0 aromatic heterocycles. The number of methoxy groups -OCH3 is 2. The van der Waals surface area contributed by atoms with Crippen LogP contribution in [0.3, 0.4) is 0 Å². The minimum atomic E-state index is -0.431. The Kier molecular flexibility index (Phi) is 3.83. The van der Waals surface area contributed by atoms with Crippen LogP contribution < -0.4 is 9.47 Å². The Labute approximate surface area is 121 Å². The van der Waals surface area contributed by atoms with E-state index < -0.39 is 5.41 Å². The third-order valence-electron chi connectivity index (χ3n) is 4.69. The molecule has 0 spiro atoms. The number of hydrogen-bond acceptors (Lipinski definition) is 3. The second-order valence-corrected chi connectivity index (χ2v) is 6.14. The minimum absolute atomic E-state index is 0.0546. The zero-order valence-electron chi connectivity index (χ0n) is 13.0. The van der Waals surface area contributed by atoms with Gasteiger partial charge in [0.15, 0.2) is 0 Å². The molecule has 1 aromatic rings. The summed E-state index contributed by atoms with van der Waals surface area (Å²) in [7, 11) is 3.33. The van der Waals surface area contributed by atoms with E-state index in [1.807, 2.05) is 19.1 Å². The number of aliphatic hydroxyl groups is 1. The van der Waals surface area contributed by atoms with Gasteiger partial charge in [-0.1, -0.05) is 26.0 Å². The molecule has 0 amide bonds. The third-order valence-corrected chi connectivity index (χ3v) is 4.69. The predicted octanol–water partition coefficient (Wildman–Crippen LogP) is 3.23. The van der Waals surface area contributed by atoms with Crippen LogP contribution in [-0.2, 0) is 5.41 Å². The van der Waals surface area contributed by atoms with Crippen LogP contribution in [0.2, 0.25) is 0 Å². The van der Waals surface area contributed by atoms with Crippen molar-refractivity contribution in [3.8, 4) is 11.5 Å². The number of benzene rings is 1. The van der Waals surface area contributed by atoms with Gasteiger partial charge in [-0.2, -0.15) is 0 Å². The van der Waals surface area contributed by atoms with Gasteiger partial charge in [-0.3, -0.25) is 0 Å². The summed E-state index contributed by atoms with van der Waals surface area (Å²) in [6, 6.07) is 3.98. The number of aliphatic hydroxyl groups excluding tert-OH is 1. The Morgan fingerprint density at radius 3 is 2.25 bits per heavy atom. The molecule has 0 fully saturated rings. The molecule has 1 aromatic carbocycles. The molecule has 0 saturated heterocycles. The molecule has 3 heteroatoms. The quantitative estimate of drug-likeness (QED) is 0.858. The van der Waals surface area contributed by atoms with E-state index >= 15 is 0 Å². The van der Waals surface area contributed by atoms with Gasteiger partial charge >= 0.3 is 0 Å². The molecular formula is C17H24O3. The van der Waals surface area contributed by atoms with Gasteiger partial charge in [-0.05, 0) is 36.5 Å². The third kappa shape index (κ3) is 2.01. The second-order valence-electron chi connectivity index (χ2n) is 6.14. The van der Waals surface area contributed by atoms with E-state index in [1.54, 1.807) is 14.2 Å². The number of aryl methyl sites for hydroxylation is 1. The lowest BCUT2D eigenvalue weighted by Crippen LogP contribution is -2.41. The fourth-order valence-corrected chi connectivity index (χ4v) is 3.17. The highest BCUT2D eigenvalue weighted by Gasteiger charge is 2.48. The van der Waals surface area contributed by atoms with Crippen LogP contribution in [0.15, 0.2) is 24.3 Å².